The summed E-state index contributed by atoms with van der Waals surface area (Å²) in [6.07, 6.45) is 11.7. The first kappa shape index (κ1) is 23.8. The van der Waals surface area contributed by atoms with Crippen molar-refractivity contribution in [3.05, 3.63) is 60.2 Å². The molecule has 0 aliphatic heterocycles. The van der Waals surface area contributed by atoms with E-state index in [9.17, 15) is 10.2 Å². The smallest absolute Gasteiger partial charge is 0.0270 e. The standard InChI is InChI=1S/C8H17.2C6H6NO.Al/c1-3-5-7-8-6-4-2;2*8-5-6-3-1-2-4-7-6;/h1,3-8H2,2H3;2*1-4H,5H2;/q;2*-1;+2. The molecule has 0 saturated carbocycles. The number of unbranched alkanes of at least 4 members (excludes halogenated alkanes) is 5. The van der Waals surface area contributed by atoms with Crippen LogP contribution in [0.1, 0.15) is 56.8 Å². The predicted molar refractivity (Wildman–Crippen MR) is 99.8 cm³/mol. The summed E-state index contributed by atoms with van der Waals surface area (Å²) >= 11 is 2.78. The Hall–Kier alpha value is -1.25. The van der Waals surface area contributed by atoms with Crippen molar-refractivity contribution in [3.63, 3.8) is 0 Å². The van der Waals surface area contributed by atoms with Gasteiger partial charge in [-0.2, -0.15) is 0 Å². The quantitative estimate of drug-likeness (QED) is 0.539. The summed E-state index contributed by atoms with van der Waals surface area (Å²) in [5, 5.41) is 21.4. The molecular formula is C20H29AlN2O2. The van der Waals surface area contributed by atoms with Gasteiger partial charge in [-0.3, -0.25) is 9.97 Å². The van der Waals surface area contributed by atoms with Crippen LogP contribution in [0, 0.1) is 0 Å². The molecule has 0 aliphatic rings. The molecule has 0 unspecified atom stereocenters. The third-order valence-corrected chi connectivity index (χ3v) is 3.71. The Morgan fingerprint density at radius 1 is 0.760 bits per heavy atom. The SMILES string of the molecule is CCCCCCC[CH2][Al+2].[O-]Cc1ccccn1.[O-]Cc1ccccn1. The van der Waals surface area contributed by atoms with Gasteiger partial charge in [0.05, 0.1) is 0 Å². The van der Waals surface area contributed by atoms with E-state index in [1.807, 2.05) is 0 Å². The molecule has 0 fully saturated rings. The molecule has 25 heavy (non-hydrogen) atoms. The fourth-order valence-electron chi connectivity index (χ4n) is 1.89. The first-order valence-corrected chi connectivity index (χ1v) is 9.76. The van der Waals surface area contributed by atoms with Gasteiger partial charge in [-0.25, -0.2) is 0 Å². The van der Waals surface area contributed by atoms with E-state index in [0.29, 0.717) is 11.4 Å². The van der Waals surface area contributed by atoms with Gasteiger partial charge in [0.15, 0.2) is 0 Å². The molecule has 5 heteroatoms. The molecule has 0 atom stereocenters. The maximum Gasteiger partial charge on any atom is 0.0270 e. The van der Waals surface area contributed by atoms with Gasteiger partial charge >= 0.3 is 67.0 Å². The van der Waals surface area contributed by atoms with Crippen molar-refractivity contribution >= 4 is 16.3 Å². The first-order valence-electron chi connectivity index (χ1n) is 8.94. The van der Waals surface area contributed by atoms with Crippen molar-refractivity contribution < 1.29 is 10.2 Å². The first-order chi connectivity index (χ1) is 12.3. The number of hydrogen-bond acceptors (Lipinski definition) is 4. The minimum Gasteiger partial charge on any atom is -0.850 e. The summed E-state index contributed by atoms with van der Waals surface area (Å²) < 4.78 is 0. The van der Waals surface area contributed by atoms with Gasteiger partial charge in [-0.05, 0) is 24.3 Å². The second-order valence-electron chi connectivity index (χ2n) is 5.49. The number of aromatic nitrogens is 2. The largest absolute Gasteiger partial charge is 0.850 e. The van der Waals surface area contributed by atoms with Crippen LogP contribution in [0.3, 0.4) is 0 Å². The molecule has 0 radical (unpaired) electrons. The maximum atomic E-state index is 10.1. The molecule has 0 bridgehead atoms. The molecule has 0 saturated heterocycles. The van der Waals surface area contributed by atoms with Gasteiger partial charge in [-0.1, -0.05) is 25.3 Å². The van der Waals surface area contributed by atoms with Crippen LogP contribution in [0.4, 0.5) is 0 Å². The Kier molecular flexibility index (Phi) is 18.1. The zero-order valence-electron chi connectivity index (χ0n) is 15.3. The molecule has 0 aromatic carbocycles. The number of rotatable bonds is 8. The summed E-state index contributed by atoms with van der Waals surface area (Å²) in [6.45, 7) is 1.82. The van der Waals surface area contributed by atoms with Gasteiger partial charge in [0.1, 0.15) is 0 Å². The van der Waals surface area contributed by atoms with Crippen LogP contribution in [0.2, 0.25) is 5.28 Å². The molecule has 0 aliphatic carbocycles. The average Bonchev–Trinajstić information content (AvgIpc) is 2.70. The van der Waals surface area contributed by atoms with E-state index in [2.05, 4.69) is 33.2 Å². The van der Waals surface area contributed by atoms with Gasteiger partial charge in [0, 0.05) is 23.8 Å². The molecule has 2 rings (SSSR count). The second kappa shape index (κ2) is 19.1. The summed E-state index contributed by atoms with van der Waals surface area (Å²) in [4.78, 5) is 7.57. The van der Waals surface area contributed by atoms with E-state index in [-0.39, 0.29) is 13.2 Å². The van der Waals surface area contributed by atoms with Crippen molar-refractivity contribution in [2.24, 2.45) is 0 Å². The Morgan fingerprint density at radius 3 is 1.56 bits per heavy atom. The molecule has 4 nitrogen and oxygen atoms in total. The topological polar surface area (TPSA) is 71.9 Å². The Bertz CT molecular complexity index is 438. The molecule has 2 aromatic rings. The summed E-state index contributed by atoms with van der Waals surface area (Å²) in [5.74, 6) is 0. The number of hydrogen-bond donors (Lipinski definition) is 0. The van der Waals surface area contributed by atoms with E-state index in [0.717, 1.165) is 0 Å². The normalized spacial score (nSPS) is 9.48. The number of pyridine rings is 2. The minimum absolute atomic E-state index is 0.221. The fraction of sp³-hybridized carbons (Fsp3) is 0.500. The van der Waals surface area contributed by atoms with Crippen LogP contribution < -0.4 is 10.2 Å². The number of nitrogens with zero attached hydrogens (tertiary/aromatic N) is 2. The van der Waals surface area contributed by atoms with Gasteiger partial charge in [-0.15, -0.1) is 0 Å². The maximum absolute atomic E-state index is 10.1. The summed E-state index contributed by atoms with van der Waals surface area (Å²) in [5.41, 5.74) is 1.21. The fourth-order valence-corrected chi connectivity index (χ4v) is 2.18. The van der Waals surface area contributed by atoms with Crippen molar-refractivity contribution in [3.8, 4) is 0 Å². The Morgan fingerprint density at radius 2 is 1.24 bits per heavy atom. The summed E-state index contributed by atoms with van der Waals surface area (Å²) in [7, 11) is 0. The van der Waals surface area contributed by atoms with Gasteiger partial charge < -0.3 is 10.2 Å². The Labute approximate surface area is 160 Å². The molecule has 2 aromatic heterocycles. The second-order valence-corrected chi connectivity index (χ2v) is 6.06. The van der Waals surface area contributed by atoms with Gasteiger partial charge in [0.2, 0.25) is 0 Å². The van der Waals surface area contributed by atoms with E-state index in [4.69, 9.17) is 0 Å². The monoisotopic (exact) mass is 356 g/mol. The molecule has 0 N–H and O–H groups in total. The van der Waals surface area contributed by atoms with Crippen LogP contribution in [0.5, 0.6) is 0 Å². The van der Waals surface area contributed by atoms with E-state index >= 15 is 0 Å². The molecule has 0 spiro atoms. The van der Waals surface area contributed by atoms with Crippen LogP contribution >= 0.6 is 0 Å². The predicted octanol–water partition coefficient (Wildman–Crippen LogP) is 2.82. The third kappa shape index (κ3) is 16.0. The molecule has 2 heterocycles. The van der Waals surface area contributed by atoms with E-state index in [1.54, 1.807) is 48.8 Å². The van der Waals surface area contributed by atoms with Crippen LogP contribution in [-0.4, -0.2) is 26.3 Å². The van der Waals surface area contributed by atoms with Crippen LogP contribution in [0.15, 0.2) is 48.8 Å². The van der Waals surface area contributed by atoms with E-state index in [1.165, 1.54) is 43.8 Å². The molecule has 0 amide bonds. The van der Waals surface area contributed by atoms with Crippen molar-refractivity contribution in [2.75, 3.05) is 0 Å². The minimum atomic E-state index is -0.221. The summed E-state index contributed by atoms with van der Waals surface area (Å²) in [6, 6.07) is 10.6. The zero-order valence-corrected chi connectivity index (χ0v) is 16.4. The third-order valence-electron chi connectivity index (χ3n) is 3.31. The molecular weight excluding hydrogens is 327 g/mol. The van der Waals surface area contributed by atoms with Crippen LogP contribution in [-0.2, 0) is 13.2 Å². The van der Waals surface area contributed by atoms with Gasteiger partial charge in [0.25, 0.3) is 0 Å². The molecule has 134 valence electrons. The zero-order chi connectivity index (χ0) is 18.6. The Balaban J connectivity index is 0.000000346. The van der Waals surface area contributed by atoms with Crippen molar-refractivity contribution in [2.45, 2.75) is 63.9 Å². The van der Waals surface area contributed by atoms with E-state index < -0.39 is 0 Å². The van der Waals surface area contributed by atoms with Crippen molar-refractivity contribution in [1.29, 1.82) is 0 Å². The van der Waals surface area contributed by atoms with Crippen LogP contribution in [0.25, 0.3) is 0 Å². The van der Waals surface area contributed by atoms with Crippen molar-refractivity contribution in [1.82, 2.24) is 9.97 Å². The average molecular weight is 356 g/mol.